The Morgan fingerprint density at radius 2 is 2.17 bits per heavy atom. The molecule has 1 heterocycles. The second-order valence-electron chi connectivity index (χ2n) is 3.74. The fourth-order valence-electron chi connectivity index (χ4n) is 1.36. The Bertz CT molecular complexity index is 366. The molecule has 1 amide bonds. The quantitative estimate of drug-likeness (QED) is 0.497. The first-order valence-corrected chi connectivity index (χ1v) is 5.76. The normalized spacial score (nSPS) is 10.1. The summed E-state index contributed by atoms with van der Waals surface area (Å²) in [7, 11) is 1.38. The molecule has 18 heavy (non-hydrogen) atoms. The molecular weight excluding hydrogens is 238 g/mol. The minimum absolute atomic E-state index is 0.120. The molecule has 0 radical (unpaired) electrons. The molecule has 0 unspecified atom stereocenters. The van der Waals surface area contributed by atoms with E-state index in [9.17, 15) is 9.59 Å². The Hall–Kier alpha value is -1.99. The van der Waals surface area contributed by atoms with Crippen molar-refractivity contribution < 1.29 is 14.3 Å². The largest absolute Gasteiger partial charge is 0.469 e. The lowest BCUT2D eigenvalue weighted by Gasteiger charge is -2.04. The summed E-state index contributed by atoms with van der Waals surface area (Å²) < 4.78 is 5.88. The van der Waals surface area contributed by atoms with Gasteiger partial charge in [-0.1, -0.05) is 6.42 Å². The number of carbonyl (C=O) groups is 2. The molecule has 8 nitrogen and oxygen atoms in total. The van der Waals surface area contributed by atoms with E-state index in [-0.39, 0.29) is 18.4 Å². The van der Waals surface area contributed by atoms with Crippen LogP contribution in [0.25, 0.3) is 0 Å². The predicted molar refractivity (Wildman–Crippen MR) is 61.3 cm³/mol. The first-order valence-electron chi connectivity index (χ1n) is 5.76. The Morgan fingerprint density at radius 3 is 2.83 bits per heavy atom. The number of hydrogen-bond donors (Lipinski definition) is 1. The maximum atomic E-state index is 11.4. The summed E-state index contributed by atoms with van der Waals surface area (Å²) in [5.41, 5.74) is 0. The highest BCUT2D eigenvalue weighted by atomic mass is 16.5. The van der Waals surface area contributed by atoms with Crippen molar-refractivity contribution >= 4 is 11.9 Å². The average molecular weight is 255 g/mol. The van der Waals surface area contributed by atoms with Crippen LogP contribution in [0.5, 0.6) is 0 Å². The third-order valence-corrected chi connectivity index (χ3v) is 2.30. The average Bonchev–Trinajstić information content (AvgIpc) is 2.85. The topological polar surface area (TPSA) is 99.0 Å². The van der Waals surface area contributed by atoms with E-state index in [4.69, 9.17) is 0 Å². The van der Waals surface area contributed by atoms with Crippen LogP contribution in [-0.2, 0) is 20.9 Å². The summed E-state index contributed by atoms with van der Waals surface area (Å²) in [5, 5.41) is 13.2. The molecule has 1 aromatic rings. The van der Waals surface area contributed by atoms with Gasteiger partial charge >= 0.3 is 5.97 Å². The number of unbranched alkanes of at least 4 members (excludes halogenated alkanes) is 2. The molecule has 1 aromatic heterocycles. The molecule has 0 saturated carbocycles. The summed E-state index contributed by atoms with van der Waals surface area (Å²) in [5.74, 6) is -0.326. The molecule has 1 N–H and O–H groups in total. The summed E-state index contributed by atoms with van der Waals surface area (Å²) in [6.07, 6.45) is 4.29. The molecule has 8 heteroatoms. The molecule has 0 spiro atoms. The van der Waals surface area contributed by atoms with Crippen LogP contribution in [0.3, 0.4) is 0 Å². The van der Waals surface area contributed by atoms with E-state index in [2.05, 4.69) is 25.6 Å². The molecule has 0 bridgehead atoms. The standard InChI is InChI=1S/C10H17N5O3/c1-18-10(17)5-3-2-4-6-11-9(16)7-15-8-12-13-14-15/h8H,2-7H2,1H3,(H,11,16). The number of nitrogens with one attached hydrogen (secondary N) is 1. The Labute approximate surface area is 105 Å². The summed E-state index contributed by atoms with van der Waals surface area (Å²) in [6.45, 7) is 0.706. The van der Waals surface area contributed by atoms with Gasteiger partial charge in [-0.05, 0) is 23.3 Å². The van der Waals surface area contributed by atoms with E-state index in [1.165, 1.54) is 18.1 Å². The van der Waals surface area contributed by atoms with Gasteiger partial charge < -0.3 is 10.1 Å². The van der Waals surface area contributed by atoms with Crippen molar-refractivity contribution in [3.8, 4) is 0 Å². The molecule has 0 aliphatic rings. The predicted octanol–water partition coefficient (Wildman–Crippen LogP) is -0.477. The van der Waals surface area contributed by atoms with Crippen LogP contribution in [0, 0.1) is 0 Å². The molecule has 0 aliphatic carbocycles. The van der Waals surface area contributed by atoms with Crippen LogP contribution >= 0.6 is 0 Å². The lowest BCUT2D eigenvalue weighted by atomic mass is 10.2. The van der Waals surface area contributed by atoms with Crippen LogP contribution in [0.2, 0.25) is 0 Å². The summed E-state index contributed by atoms with van der Waals surface area (Å²) in [4.78, 5) is 22.2. The SMILES string of the molecule is COC(=O)CCCCCNC(=O)Cn1cnnn1. The van der Waals surface area contributed by atoms with Crippen LogP contribution in [-0.4, -0.2) is 45.7 Å². The monoisotopic (exact) mass is 255 g/mol. The van der Waals surface area contributed by atoms with Gasteiger partial charge in [0, 0.05) is 13.0 Å². The first-order chi connectivity index (χ1) is 8.72. The first kappa shape index (κ1) is 14.1. The minimum atomic E-state index is -0.197. The van der Waals surface area contributed by atoms with Gasteiger partial charge in [0.1, 0.15) is 12.9 Å². The fourth-order valence-corrected chi connectivity index (χ4v) is 1.36. The van der Waals surface area contributed by atoms with E-state index in [1.807, 2.05) is 0 Å². The number of aromatic nitrogens is 4. The van der Waals surface area contributed by atoms with Crippen molar-refractivity contribution in [1.82, 2.24) is 25.5 Å². The zero-order valence-electron chi connectivity index (χ0n) is 10.3. The highest BCUT2D eigenvalue weighted by Gasteiger charge is 2.03. The van der Waals surface area contributed by atoms with Gasteiger partial charge in [0.05, 0.1) is 7.11 Å². The van der Waals surface area contributed by atoms with E-state index in [0.29, 0.717) is 13.0 Å². The van der Waals surface area contributed by atoms with Crippen LogP contribution in [0.1, 0.15) is 25.7 Å². The summed E-state index contributed by atoms with van der Waals surface area (Å²) in [6, 6.07) is 0. The van der Waals surface area contributed by atoms with Crippen molar-refractivity contribution in [2.75, 3.05) is 13.7 Å². The third kappa shape index (κ3) is 5.92. The van der Waals surface area contributed by atoms with Gasteiger partial charge in [-0.25, -0.2) is 4.68 Å². The van der Waals surface area contributed by atoms with Gasteiger partial charge in [0.15, 0.2) is 0 Å². The van der Waals surface area contributed by atoms with Crippen molar-refractivity contribution in [1.29, 1.82) is 0 Å². The van der Waals surface area contributed by atoms with Crippen molar-refractivity contribution in [3.05, 3.63) is 6.33 Å². The number of amides is 1. The van der Waals surface area contributed by atoms with Crippen molar-refractivity contribution in [3.63, 3.8) is 0 Å². The van der Waals surface area contributed by atoms with E-state index < -0.39 is 0 Å². The third-order valence-electron chi connectivity index (χ3n) is 2.30. The van der Waals surface area contributed by atoms with E-state index in [1.54, 1.807) is 0 Å². The number of methoxy groups -OCH3 is 1. The zero-order valence-corrected chi connectivity index (χ0v) is 10.3. The molecule has 100 valence electrons. The fraction of sp³-hybridized carbons (Fsp3) is 0.700. The highest BCUT2D eigenvalue weighted by Crippen LogP contribution is 1.99. The number of ether oxygens (including phenoxy) is 1. The number of nitrogens with zero attached hydrogens (tertiary/aromatic N) is 4. The molecule has 0 aromatic carbocycles. The number of hydrogen-bond acceptors (Lipinski definition) is 6. The van der Waals surface area contributed by atoms with Gasteiger partial charge in [-0.15, -0.1) is 5.10 Å². The van der Waals surface area contributed by atoms with Crippen LogP contribution < -0.4 is 5.32 Å². The summed E-state index contributed by atoms with van der Waals surface area (Å²) >= 11 is 0. The van der Waals surface area contributed by atoms with Gasteiger partial charge in [0.2, 0.25) is 5.91 Å². The smallest absolute Gasteiger partial charge is 0.305 e. The van der Waals surface area contributed by atoms with Crippen LogP contribution in [0.4, 0.5) is 0 Å². The number of esters is 1. The molecule has 0 saturated heterocycles. The Balaban J connectivity index is 1.97. The molecule has 0 fully saturated rings. The maximum absolute atomic E-state index is 11.4. The number of carbonyl (C=O) groups excluding carboxylic acids is 2. The number of tetrazole rings is 1. The van der Waals surface area contributed by atoms with Gasteiger partial charge in [0.25, 0.3) is 0 Å². The lowest BCUT2D eigenvalue weighted by molar-refractivity contribution is -0.140. The van der Waals surface area contributed by atoms with Gasteiger partial charge in [-0.3, -0.25) is 9.59 Å². The molecule has 0 aliphatic heterocycles. The molecular formula is C10H17N5O3. The minimum Gasteiger partial charge on any atom is -0.469 e. The van der Waals surface area contributed by atoms with Crippen molar-refractivity contribution in [2.45, 2.75) is 32.2 Å². The molecule has 1 rings (SSSR count). The Kier molecular flexibility index (Phi) is 6.37. The van der Waals surface area contributed by atoms with Gasteiger partial charge in [-0.2, -0.15) is 0 Å². The second kappa shape index (κ2) is 8.15. The van der Waals surface area contributed by atoms with E-state index >= 15 is 0 Å². The lowest BCUT2D eigenvalue weighted by Crippen LogP contribution is -2.28. The van der Waals surface area contributed by atoms with E-state index in [0.717, 1.165) is 19.3 Å². The van der Waals surface area contributed by atoms with Crippen molar-refractivity contribution in [2.24, 2.45) is 0 Å². The number of rotatable bonds is 8. The zero-order chi connectivity index (χ0) is 13.2. The molecule has 0 atom stereocenters. The highest BCUT2D eigenvalue weighted by molar-refractivity contribution is 5.75. The second-order valence-corrected chi connectivity index (χ2v) is 3.74. The van der Waals surface area contributed by atoms with Crippen LogP contribution in [0.15, 0.2) is 6.33 Å². The Morgan fingerprint density at radius 1 is 1.33 bits per heavy atom. The maximum Gasteiger partial charge on any atom is 0.305 e.